The topological polar surface area (TPSA) is 39.4 Å². The lowest BCUT2D eigenvalue weighted by Crippen LogP contribution is -1.88. The molecule has 1 rings (SSSR count). The number of aldehydes is 1. The average Bonchev–Trinajstić information content (AvgIpc) is 2.32. The molecule has 0 aliphatic heterocycles. The fraction of sp³-hybridized carbons (Fsp3) is 0.375. The van der Waals surface area contributed by atoms with Gasteiger partial charge in [-0.1, -0.05) is 0 Å². The summed E-state index contributed by atoms with van der Waals surface area (Å²) in [6.07, 6.45) is 0.678. The van der Waals surface area contributed by atoms with Crippen LogP contribution in [0.25, 0.3) is 0 Å². The van der Waals surface area contributed by atoms with Gasteiger partial charge in [-0.2, -0.15) is 0 Å². The van der Waals surface area contributed by atoms with Crippen LogP contribution >= 0.6 is 0 Å². The lowest BCUT2D eigenvalue weighted by molar-refractivity contribution is 0.109. The molecule has 0 aromatic carbocycles. The van der Waals surface area contributed by atoms with Crippen LogP contribution in [0.1, 0.15) is 23.0 Å². The van der Waals surface area contributed by atoms with Crippen molar-refractivity contribution < 1.29 is 13.9 Å². The van der Waals surface area contributed by atoms with Gasteiger partial charge in [0, 0.05) is 11.6 Å². The van der Waals surface area contributed by atoms with Crippen LogP contribution in [0.15, 0.2) is 10.5 Å². The minimum atomic E-state index is 0.341. The fourth-order valence-corrected chi connectivity index (χ4v) is 0.797. The van der Waals surface area contributed by atoms with Crippen molar-refractivity contribution in [2.45, 2.75) is 13.8 Å². The zero-order chi connectivity index (χ0) is 8.27. The summed E-state index contributed by atoms with van der Waals surface area (Å²) in [5, 5.41) is 0. The minimum Gasteiger partial charge on any atom is -0.465 e. The van der Waals surface area contributed by atoms with E-state index in [-0.39, 0.29) is 0 Å². The summed E-state index contributed by atoms with van der Waals surface area (Å²) in [4.78, 5) is 10.3. The molecule has 1 aromatic rings. The van der Waals surface area contributed by atoms with Crippen molar-refractivity contribution in [3.8, 4) is 5.95 Å². The number of aryl methyl sites for hydroxylation is 1. The molecule has 3 heteroatoms. The van der Waals surface area contributed by atoms with Gasteiger partial charge >= 0.3 is 0 Å². The summed E-state index contributed by atoms with van der Waals surface area (Å²) in [5.41, 5.74) is 0.809. The molecule has 60 valence electrons. The summed E-state index contributed by atoms with van der Waals surface area (Å²) in [6, 6.07) is 1.70. The third kappa shape index (κ3) is 1.61. The normalized spacial score (nSPS) is 9.64. The van der Waals surface area contributed by atoms with Crippen molar-refractivity contribution in [2.75, 3.05) is 6.61 Å². The first-order valence-electron chi connectivity index (χ1n) is 3.46. The molecule has 1 aromatic heterocycles. The van der Waals surface area contributed by atoms with Gasteiger partial charge < -0.3 is 9.15 Å². The highest BCUT2D eigenvalue weighted by Gasteiger charge is 2.05. The second kappa shape index (κ2) is 3.23. The van der Waals surface area contributed by atoms with E-state index < -0.39 is 0 Å². The Labute approximate surface area is 65.0 Å². The Kier molecular flexibility index (Phi) is 2.31. The molecule has 0 N–H and O–H groups in total. The van der Waals surface area contributed by atoms with E-state index in [1.165, 1.54) is 0 Å². The van der Waals surface area contributed by atoms with Crippen molar-refractivity contribution >= 4 is 6.29 Å². The number of rotatable bonds is 3. The molecule has 0 saturated heterocycles. The van der Waals surface area contributed by atoms with Crippen molar-refractivity contribution in [1.82, 2.24) is 0 Å². The summed E-state index contributed by atoms with van der Waals surface area (Å²) < 4.78 is 10.1. The molecular formula is C8H10O3. The van der Waals surface area contributed by atoms with Gasteiger partial charge in [-0.25, -0.2) is 0 Å². The molecule has 0 aliphatic carbocycles. The van der Waals surface area contributed by atoms with Gasteiger partial charge in [-0.3, -0.25) is 4.79 Å². The number of hydrogen-bond donors (Lipinski definition) is 0. The van der Waals surface area contributed by atoms with Gasteiger partial charge in [-0.15, -0.1) is 0 Å². The highest BCUT2D eigenvalue weighted by atomic mass is 16.6. The Morgan fingerprint density at radius 1 is 1.73 bits per heavy atom. The van der Waals surface area contributed by atoms with E-state index in [2.05, 4.69) is 0 Å². The van der Waals surface area contributed by atoms with E-state index in [1.54, 1.807) is 13.0 Å². The van der Waals surface area contributed by atoms with E-state index >= 15 is 0 Å². The SMILES string of the molecule is CCOc1cc(C)c(C=O)o1. The highest BCUT2D eigenvalue weighted by Crippen LogP contribution is 2.19. The lowest BCUT2D eigenvalue weighted by Gasteiger charge is -1.93. The maximum Gasteiger partial charge on any atom is 0.285 e. The predicted molar refractivity (Wildman–Crippen MR) is 40.0 cm³/mol. The molecule has 3 nitrogen and oxygen atoms in total. The van der Waals surface area contributed by atoms with Crippen LogP contribution in [0, 0.1) is 6.92 Å². The summed E-state index contributed by atoms with van der Waals surface area (Å²) >= 11 is 0. The van der Waals surface area contributed by atoms with Gasteiger partial charge in [-0.05, 0) is 13.8 Å². The Morgan fingerprint density at radius 3 is 2.91 bits per heavy atom. The van der Waals surface area contributed by atoms with Crippen LogP contribution in [0.4, 0.5) is 0 Å². The number of furan rings is 1. The molecule has 0 bridgehead atoms. The first-order valence-corrected chi connectivity index (χ1v) is 3.46. The maximum absolute atomic E-state index is 10.3. The maximum atomic E-state index is 10.3. The zero-order valence-electron chi connectivity index (χ0n) is 6.59. The van der Waals surface area contributed by atoms with Crippen LogP contribution in [0.5, 0.6) is 5.95 Å². The third-order valence-corrected chi connectivity index (χ3v) is 1.33. The van der Waals surface area contributed by atoms with E-state index in [4.69, 9.17) is 9.15 Å². The predicted octanol–water partition coefficient (Wildman–Crippen LogP) is 1.80. The summed E-state index contributed by atoms with van der Waals surface area (Å²) in [7, 11) is 0. The minimum absolute atomic E-state index is 0.341. The smallest absolute Gasteiger partial charge is 0.285 e. The average molecular weight is 154 g/mol. The van der Waals surface area contributed by atoms with Crippen LogP contribution in [0.2, 0.25) is 0 Å². The Morgan fingerprint density at radius 2 is 2.45 bits per heavy atom. The van der Waals surface area contributed by atoms with Crippen LogP contribution in [-0.4, -0.2) is 12.9 Å². The van der Waals surface area contributed by atoms with E-state index in [1.807, 2.05) is 6.92 Å². The number of hydrogen-bond acceptors (Lipinski definition) is 3. The molecule has 0 radical (unpaired) electrons. The molecule has 1 heterocycles. The van der Waals surface area contributed by atoms with E-state index in [0.29, 0.717) is 24.6 Å². The molecule has 0 unspecified atom stereocenters. The molecule has 0 spiro atoms. The fourth-order valence-electron chi connectivity index (χ4n) is 0.797. The van der Waals surface area contributed by atoms with Crippen LogP contribution in [-0.2, 0) is 0 Å². The highest BCUT2D eigenvalue weighted by molar-refractivity contribution is 5.73. The summed E-state index contributed by atoms with van der Waals surface area (Å²) in [6.45, 7) is 4.21. The molecule has 0 aliphatic rings. The van der Waals surface area contributed by atoms with E-state index in [0.717, 1.165) is 5.56 Å². The lowest BCUT2D eigenvalue weighted by atomic mass is 10.3. The molecule has 0 fully saturated rings. The van der Waals surface area contributed by atoms with Crippen molar-refractivity contribution in [2.24, 2.45) is 0 Å². The second-order valence-corrected chi connectivity index (χ2v) is 2.16. The quantitative estimate of drug-likeness (QED) is 0.623. The standard InChI is InChI=1S/C8H10O3/c1-3-10-8-4-6(2)7(5-9)11-8/h4-5H,3H2,1-2H3. The van der Waals surface area contributed by atoms with Crippen LogP contribution in [0.3, 0.4) is 0 Å². The van der Waals surface area contributed by atoms with Crippen molar-refractivity contribution in [1.29, 1.82) is 0 Å². The largest absolute Gasteiger partial charge is 0.465 e. The number of carbonyl (C=O) groups excluding carboxylic acids is 1. The van der Waals surface area contributed by atoms with Gasteiger partial charge in [0.05, 0.1) is 6.61 Å². The van der Waals surface area contributed by atoms with Crippen LogP contribution < -0.4 is 4.74 Å². The van der Waals surface area contributed by atoms with Crippen molar-refractivity contribution in [3.05, 3.63) is 17.4 Å². The molecular weight excluding hydrogens is 144 g/mol. The Hall–Kier alpha value is -1.25. The first-order chi connectivity index (χ1) is 5.27. The number of carbonyl (C=O) groups is 1. The Bertz CT molecular complexity index is 250. The van der Waals surface area contributed by atoms with Gasteiger partial charge in [0.2, 0.25) is 0 Å². The molecule has 0 saturated carbocycles. The molecule has 11 heavy (non-hydrogen) atoms. The molecule has 0 amide bonds. The first kappa shape index (κ1) is 7.85. The monoisotopic (exact) mass is 154 g/mol. The third-order valence-electron chi connectivity index (χ3n) is 1.33. The van der Waals surface area contributed by atoms with Gasteiger partial charge in [0.1, 0.15) is 0 Å². The Balaban J connectivity index is 2.86. The molecule has 0 atom stereocenters. The zero-order valence-corrected chi connectivity index (χ0v) is 6.59. The summed E-state index contributed by atoms with van der Waals surface area (Å²) in [5.74, 6) is 0.751. The van der Waals surface area contributed by atoms with Gasteiger partial charge in [0.15, 0.2) is 12.0 Å². The van der Waals surface area contributed by atoms with E-state index in [9.17, 15) is 4.79 Å². The van der Waals surface area contributed by atoms with Crippen molar-refractivity contribution in [3.63, 3.8) is 0 Å². The van der Waals surface area contributed by atoms with Gasteiger partial charge in [0.25, 0.3) is 5.95 Å². The second-order valence-electron chi connectivity index (χ2n) is 2.16. The number of ether oxygens (including phenoxy) is 1.